The molecule has 1 unspecified atom stereocenters. The van der Waals surface area contributed by atoms with Crippen LogP contribution < -0.4 is 4.90 Å². The van der Waals surface area contributed by atoms with Gasteiger partial charge in [-0.1, -0.05) is 25.5 Å². The van der Waals surface area contributed by atoms with Gasteiger partial charge in [-0.15, -0.1) is 0 Å². The molecule has 0 aliphatic heterocycles. The number of nitrogens with zero attached hydrogens (tertiary/aromatic N) is 1. The zero-order valence-corrected chi connectivity index (χ0v) is 10.8. The molecule has 0 aromatic heterocycles. The van der Waals surface area contributed by atoms with Crippen molar-refractivity contribution < 1.29 is 5.11 Å². The minimum absolute atomic E-state index is 0.120. The van der Waals surface area contributed by atoms with Crippen LogP contribution in [0.5, 0.6) is 0 Å². The Morgan fingerprint density at radius 2 is 2.06 bits per heavy atom. The summed E-state index contributed by atoms with van der Waals surface area (Å²) in [7, 11) is 2.14. The van der Waals surface area contributed by atoms with Crippen molar-refractivity contribution >= 4 is 5.69 Å². The van der Waals surface area contributed by atoms with Gasteiger partial charge < -0.3 is 10.0 Å². The van der Waals surface area contributed by atoms with Crippen LogP contribution in [-0.2, 0) is 6.61 Å². The number of aliphatic hydroxyl groups excluding tert-OH is 1. The average Bonchev–Trinajstić information content (AvgIpc) is 2.28. The Labute approximate surface area is 98.9 Å². The van der Waals surface area contributed by atoms with Crippen molar-refractivity contribution in [3.05, 3.63) is 29.3 Å². The van der Waals surface area contributed by atoms with E-state index in [2.05, 4.69) is 44.9 Å². The molecular weight excluding hydrogens is 198 g/mol. The Morgan fingerprint density at radius 3 is 2.56 bits per heavy atom. The third kappa shape index (κ3) is 2.99. The first-order valence-electron chi connectivity index (χ1n) is 6.03. The summed E-state index contributed by atoms with van der Waals surface area (Å²) in [4.78, 5) is 2.32. The van der Waals surface area contributed by atoms with Gasteiger partial charge in [0.25, 0.3) is 0 Å². The molecule has 0 spiro atoms. The normalized spacial score (nSPS) is 12.6. The zero-order valence-electron chi connectivity index (χ0n) is 10.8. The van der Waals surface area contributed by atoms with E-state index >= 15 is 0 Å². The smallest absolute Gasteiger partial charge is 0.0681 e. The van der Waals surface area contributed by atoms with Crippen LogP contribution in [0.15, 0.2) is 18.2 Å². The van der Waals surface area contributed by atoms with Crippen molar-refractivity contribution in [1.29, 1.82) is 0 Å². The first-order valence-corrected chi connectivity index (χ1v) is 6.03. The van der Waals surface area contributed by atoms with E-state index in [0.717, 1.165) is 5.56 Å². The summed E-state index contributed by atoms with van der Waals surface area (Å²) in [6.45, 7) is 6.69. The summed E-state index contributed by atoms with van der Waals surface area (Å²) in [5, 5.41) is 9.07. The zero-order chi connectivity index (χ0) is 12.1. The molecule has 1 N–H and O–H groups in total. The predicted octanol–water partition coefficient (Wildman–Crippen LogP) is 3.11. The van der Waals surface area contributed by atoms with E-state index in [-0.39, 0.29) is 6.61 Å². The monoisotopic (exact) mass is 221 g/mol. The van der Waals surface area contributed by atoms with Crippen LogP contribution in [0.1, 0.15) is 37.8 Å². The summed E-state index contributed by atoms with van der Waals surface area (Å²) in [5.74, 6) is 0. The molecule has 1 aromatic rings. The van der Waals surface area contributed by atoms with Gasteiger partial charge in [-0.25, -0.2) is 0 Å². The summed E-state index contributed by atoms with van der Waals surface area (Å²) in [5.41, 5.74) is 3.48. The second-order valence-corrected chi connectivity index (χ2v) is 4.53. The summed E-state index contributed by atoms with van der Waals surface area (Å²) in [6.07, 6.45) is 2.41. The molecule has 1 atom stereocenters. The number of aliphatic hydroxyl groups is 1. The third-order valence-electron chi connectivity index (χ3n) is 3.19. The fraction of sp³-hybridized carbons (Fsp3) is 0.571. The number of hydrogen-bond donors (Lipinski definition) is 1. The minimum atomic E-state index is 0.120. The number of rotatable bonds is 5. The quantitative estimate of drug-likeness (QED) is 0.826. The van der Waals surface area contributed by atoms with E-state index in [1.54, 1.807) is 0 Å². The lowest BCUT2D eigenvalue weighted by Crippen LogP contribution is -2.29. The van der Waals surface area contributed by atoms with Gasteiger partial charge in [0.1, 0.15) is 0 Å². The number of aryl methyl sites for hydroxylation is 1. The van der Waals surface area contributed by atoms with Crippen LogP contribution in [0.2, 0.25) is 0 Å². The molecule has 0 fully saturated rings. The van der Waals surface area contributed by atoms with Crippen LogP contribution in [0.25, 0.3) is 0 Å². The highest BCUT2D eigenvalue weighted by molar-refractivity contribution is 5.54. The van der Waals surface area contributed by atoms with Gasteiger partial charge in [-0.05, 0) is 37.5 Å². The van der Waals surface area contributed by atoms with Crippen LogP contribution >= 0.6 is 0 Å². The van der Waals surface area contributed by atoms with Crippen LogP contribution in [0, 0.1) is 6.92 Å². The maximum absolute atomic E-state index is 9.07. The molecule has 16 heavy (non-hydrogen) atoms. The molecule has 0 radical (unpaired) electrons. The van der Waals surface area contributed by atoms with Gasteiger partial charge in [0.2, 0.25) is 0 Å². The molecule has 1 rings (SSSR count). The Kier molecular flexibility index (Phi) is 4.81. The predicted molar refractivity (Wildman–Crippen MR) is 69.9 cm³/mol. The van der Waals surface area contributed by atoms with E-state index in [1.165, 1.54) is 24.1 Å². The molecular formula is C14H23NO. The molecule has 0 saturated carbocycles. The largest absolute Gasteiger partial charge is 0.392 e. The Hall–Kier alpha value is -1.02. The Morgan fingerprint density at radius 1 is 1.38 bits per heavy atom. The molecule has 0 aliphatic rings. The second-order valence-electron chi connectivity index (χ2n) is 4.53. The molecule has 2 nitrogen and oxygen atoms in total. The van der Waals surface area contributed by atoms with Crippen LogP contribution in [0.3, 0.4) is 0 Å². The molecule has 2 heteroatoms. The lowest BCUT2D eigenvalue weighted by atomic mass is 10.1. The SMILES string of the molecule is CCCC(C)N(C)c1ccc(CO)cc1C. The highest BCUT2D eigenvalue weighted by Crippen LogP contribution is 2.23. The Balaban J connectivity index is 2.87. The number of benzene rings is 1. The fourth-order valence-electron chi connectivity index (χ4n) is 2.06. The van der Waals surface area contributed by atoms with E-state index < -0.39 is 0 Å². The van der Waals surface area contributed by atoms with Crippen molar-refractivity contribution in [2.75, 3.05) is 11.9 Å². The van der Waals surface area contributed by atoms with E-state index in [4.69, 9.17) is 5.11 Å². The lowest BCUT2D eigenvalue weighted by Gasteiger charge is -2.28. The molecule has 0 heterocycles. The van der Waals surface area contributed by atoms with Crippen molar-refractivity contribution in [1.82, 2.24) is 0 Å². The lowest BCUT2D eigenvalue weighted by molar-refractivity contribution is 0.282. The highest BCUT2D eigenvalue weighted by Gasteiger charge is 2.11. The molecule has 0 amide bonds. The van der Waals surface area contributed by atoms with Crippen LogP contribution in [0.4, 0.5) is 5.69 Å². The minimum Gasteiger partial charge on any atom is -0.392 e. The van der Waals surface area contributed by atoms with E-state index in [1.807, 2.05) is 6.07 Å². The summed E-state index contributed by atoms with van der Waals surface area (Å²) < 4.78 is 0. The summed E-state index contributed by atoms with van der Waals surface area (Å²) in [6, 6.07) is 6.72. The van der Waals surface area contributed by atoms with E-state index in [0.29, 0.717) is 6.04 Å². The van der Waals surface area contributed by atoms with Crippen molar-refractivity contribution in [3.8, 4) is 0 Å². The Bertz CT molecular complexity index is 336. The first-order chi connectivity index (χ1) is 7.60. The molecule has 90 valence electrons. The summed E-state index contributed by atoms with van der Waals surface area (Å²) >= 11 is 0. The van der Waals surface area contributed by atoms with Gasteiger partial charge >= 0.3 is 0 Å². The fourth-order valence-corrected chi connectivity index (χ4v) is 2.06. The van der Waals surface area contributed by atoms with Gasteiger partial charge in [0, 0.05) is 18.8 Å². The van der Waals surface area contributed by atoms with Crippen molar-refractivity contribution in [2.45, 2.75) is 46.3 Å². The highest BCUT2D eigenvalue weighted by atomic mass is 16.3. The topological polar surface area (TPSA) is 23.5 Å². The van der Waals surface area contributed by atoms with Gasteiger partial charge in [-0.2, -0.15) is 0 Å². The molecule has 0 bridgehead atoms. The average molecular weight is 221 g/mol. The van der Waals surface area contributed by atoms with Gasteiger partial charge in [-0.3, -0.25) is 0 Å². The van der Waals surface area contributed by atoms with Crippen molar-refractivity contribution in [3.63, 3.8) is 0 Å². The first kappa shape index (κ1) is 13.0. The van der Waals surface area contributed by atoms with Gasteiger partial charge in [0.05, 0.1) is 6.61 Å². The number of anilines is 1. The number of hydrogen-bond acceptors (Lipinski definition) is 2. The third-order valence-corrected chi connectivity index (χ3v) is 3.19. The maximum Gasteiger partial charge on any atom is 0.0681 e. The van der Waals surface area contributed by atoms with E-state index in [9.17, 15) is 0 Å². The van der Waals surface area contributed by atoms with Crippen LogP contribution in [-0.4, -0.2) is 18.2 Å². The van der Waals surface area contributed by atoms with Gasteiger partial charge in [0.15, 0.2) is 0 Å². The second kappa shape index (κ2) is 5.90. The van der Waals surface area contributed by atoms with Crippen molar-refractivity contribution in [2.24, 2.45) is 0 Å². The molecule has 1 aromatic carbocycles. The molecule has 0 saturated heterocycles. The maximum atomic E-state index is 9.07. The standard InChI is InChI=1S/C14H23NO/c1-5-6-12(3)15(4)14-8-7-13(10-16)9-11(14)2/h7-9,12,16H,5-6,10H2,1-4H3. The molecule has 0 aliphatic carbocycles.